The van der Waals surface area contributed by atoms with Gasteiger partial charge in [-0.05, 0) is 49.9 Å². The minimum Gasteiger partial charge on any atom is -0.463 e. The standard InChI is InChI=1S/C15H20F2O8S/c16-15(17,26(21,22)23)13(20)24-6-11(18)25-7-14-3-8-1-9(4-14)12(19)10(2-8)5-14/h8-10,12,19H,1-7H2,(H,21,22,23). The van der Waals surface area contributed by atoms with E-state index in [4.69, 9.17) is 9.29 Å². The normalized spacial score (nSPS) is 36.0. The Kier molecular flexibility index (Phi) is 4.77. The Hall–Kier alpha value is -1.33. The molecule has 0 heterocycles. The highest BCUT2D eigenvalue weighted by atomic mass is 32.2. The summed E-state index contributed by atoms with van der Waals surface area (Å²) >= 11 is 0. The third-order valence-electron chi connectivity index (χ3n) is 5.77. The van der Waals surface area contributed by atoms with Crippen LogP contribution in [0.4, 0.5) is 8.78 Å². The lowest BCUT2D eigenvalue weighted by Gasteiger charge is -2.58. The maximum absolute atomic E-state index is 13.0. The largest absolute Gasteiger partial charge is 0.465 e. The summed E-state index contributed by atoms with van der Waals surface area (Å²) in [6.07, 6.45) is 3.87. The van der Waals surface area contributed by atoms with Crippen molar-refractivity contribution in [2.45, 2.75) is 43.5 Å². The van der Waals surface area contributed by atoms with Crippen molar-refractivity contribution in [2.24, 2.45) is 23.2 Å². The van der Waals surface area contributed by atoms with Crippen LogP contribution in [0.15, 0.2) is 0 Å². The number of rotatable bonds is 6. The van der Waals surface area contributed by atoms with Crippen molar-refractivity contribution >= 4 is 22.1 Å². The Morgan fingerprint density at radius 3 is 2.23 bits per heavy atom. The van der Waals surface area contributed by atoms with Crippen molar-refractivity contribution in [1.82, 2.24) is 0 Å². The topological polar surface area (TPSA) is 127 Å². The van der Waals surface area contributed by atoms with Crippen LogP contribution in [-0.4, -0.2) is 54.6 Å². The van der Waals surface area contributed by atoms with E-state index in [1.54, 1.807) is 0 Å². The quantitative estimate of drug-likeness (QED) is 0.495. The van der Waals surface area contributed by atoms with Crippen LogP contribution in [0.1, 0.15) is 32.1 Å². The van der Waals surface area contributed by atoms with Gasteiger partial charge in [-0.3, -0.25) is 4.55 Å². The smallest absolute Gasteiger partial charge is 0.463 e. The second kappa shape index (κ2) is 6.38. The second-order valence-electron chi connectivity index (χ2n) is 7.69. The van der Waals surface area contributed by atoms with Crippen LogP contribution in [0.5, 0.6) is 0 Å². The molecule has 0 aromatic rings. The molecule has 4 bridgehead atoms. The van der Waals surface area contributed by atoms with Gasteiger partial charge in [0.05, 0.1) is 12.7 Å². The average Bonchev–Trinajstić information content (AvgIpc) is 2.53. The van der Waals surface area contributed by atoms with Crippen LogP contribution in [0.3, 0.4) is 0 Å². The van der Waals surface area contributed by atoms with E-state index in [0.29, 0.717) is 5.92 Å². The lowest BCUT2D eigenvalue weighted by molar-refractivity contribution is -0.179. The zero-order valence-electron chi connectivity index (χ0n) is 13.8. The molecule has 4 fully saturated rings. The van der Waals surface area contributed by atoms with Gasteiger partial charge in [-0.2, -0.15) is 17.2 Å². The molecule has 2 N–H and O–H groups in total. The Morgan fingerprint density at radius 2 is 1.69 bits per heavy atom. The van der Waals surface area contributed by atoms with E-state index in [1.165, 1.54) is 0 Å². The maximum atomic E-state index is 13.0. The van der Waals surface area contributed by atoms with Crippen LogP contribution in [-0.2, 0) is 29.2 Å². The summed E-state index contributed by atoms with van der Waals surface area (Å²) in [5.74, 6) is -2.81. The fraction of sp³-hybridized carbons (Fsp3) is 0.867. The Morgan fingerprint density at radius 1 is 1.12 bits per heavy atom. The van der Waals surface area contributed by atoms with E-state index in [2.05, 4.69) is 4.74 Å². The molecule has 148 valence electrons. The highest BCUT2D eigenvalue weighted by Crippen LogP contribution is 2.60. The molecule has 2 atom stereocenters. The van der Waals surface area contributed by atoms with Crippen LogP contribution in [0.25, 0.3) is 0 Å². The fourth-order valence-electron chi connectivity index (χ4n) is 4.93. The van der Waals surface area contributed by atoms with Crippen LogP contribution in [0, 0.1) is 23.2 Å². The summed E-state index contributed by atoms with van der Waals surface area (Å²) in [5.41, 5.74) is -0.256. The average molecular weight is 398 g/mol. The lowest BCUT2D eigenvalue weighted by Crippen LogP contribution is -2.55. The molecule has 0 amide bonds. The van der Waals surface area contributed by atoms with E-state index in [9.17, 15) is 31.9 Å². The van der Waals surface area contributed by atoms with Gasteiger partial charge in [-0.25, -0.2) is 9.59 Å². The minimum absolute atomic E-state index is 0.0360. The molecular weight excluding hydrogens is 378 g/mol. The summed E-state index contributed by atoms with van der Waals surface area (Å²) in [6, 6.07) is 0. The molecule has 0 spiro atoms. The van der Waals surface area contributed by atoms with Gasteiger partial charge in [0.25, 0.3) is 0 Å². The van der Waals surface area contributed by atoms with E-state index < -0.39 is 33.9 Å². The zero-order valence-corrected chi connectivity index (χ0v) is 14.6. The molecule has 4 aliphatic rings. The van der Waals surface area contributed by atoms with Crippen molar-refractivity contribution in [2.75, 3.05) is 13.2 Å². The molecule has 0 aromatic carbocycles. The SMILES string of the molecule is O=C(COC(=O)C(F)(F)S(=O)(=O)O)OCC12CC3CC(C1)C(O)C(C3)C2. The van der Waals surface area contributed by atoms with Gasteiger partial charge in [0, 0.05) is 5.41 Å². The summed E-state index contributed by atoms with van der Waals surface area (Å²) < 4.78 is 64.1. The van der Waals surface area contributed by atoms with Crippen LogP contribution >= 0.6 is 0 Å². The number of hydrogen-bond donors (Lipinski definition) is 2. The van der Waals surface area contributed by atoms with Gasteiger partial charge in [0.15, 0.2) is 6.61 Å². The third kappa shape index (κ3) is 3.44. The zero-order chi connectivity index (χ0) is 19.3. The molecule has 0 radical (unpaired) electrons. The van der Waals surface area contributed by atoms with E-state index in [1.807, 2.05) is 0 Å². The third-order valence-corrected chi connectivity index (χ3v) is 6.59. The lowest BCUT2D eigenvalue weighted by atomic mass is 9.49. The van der Waals surface area contributed by atoms with Crippen molar-refractivity contribution in [1.29, 1.82) is 0 Å². The van der Waals surface area contributed by atoms with Crippen molar-refractivity contribution in [3.8, 4) is 0 Å². The number of carbonyl (C=O) groups is 2. The van der Waals surface area contributed by atoms with E-state index in [-0.39, 0.29) is 30.0 Å². The summed E-state index contributed by atoms with van der Waals surface area (Å²) in [6.45, 7) is -1.15. The maximum Gasteiger partial charge on any atom is 0.465 e. The molecule has 0 aromatic heterocycles. The molecule has 0 aliphatic heterocycles. The Labute approximate surface area is 148 Å². The number of hydrogen-bond acceptors (Lipinski definition) is 7. The van der Waals surface area contributed by atoms with Crippen LogP contribution in [0.2, 0.25) is 0 Å². The molecule has 0 saturated heterocycles. The Balaban J connectivity index is 1.50. The second-order valence-corrected chi connectivity index (χ2v) is 9.15. The molecule has 26 heavy (non-hydrogen) atoms. The first-order valence-corrected chi connectivity index (χ1v) is 9.73. The van der Waals surface area contributed by atoms with Crippen molar-refractivity contribution < 1.29 is 45.9 Å². The van der Waals surface area contributed by atoms with Gasteiger partial charge < -0.3 is 14.6 Å². The number of carbonyl (C=O) groups excluding carboxylic acids is 2. The number of aliphatic hydroxyl groups is 1. The van der Waals surface area contributed by atoms with E-state index in [0.717, 1.165) is 32.1 Å². The van der Waals surface area contributed by atoms with Gasteiger partial charge in [0.2, 0.25) is 0 Å². The first-order chi connectivity index (χ1) is 11.9. The fourth-order valence-corrected chi connectivity index (χ4v) is 5.20. The minimum atomic E-state index is -5.98. The van der Waals surface area contributed by atoms with Gasteiger partial charge in [0.1, 0.15) is 0 Å². The predicted octanol–water partition coefficient (Wildman–Crippen LogP) is 0.741. The molecule has 4 rings (SSSR count). The predicted molar refractivity (Wildman–Crippen MR) is 80.4 cm³/mol. The number of ether oxygens (including phenoxy) is 2. The van der Waals surface area contributed by atoms with Crippen molar-refractivity contribution in [3.05, 3.63) is 0 Å². The molecule has 11 heteroatoms. The van der Waals surface area contributed by atoms with E-state index >= 15 is 0 Å². The molecule has 8 nitrogen and oxygen atoms in total. The number of halogens is 2. The van der Waals surface area contributed by atoms with Crippen LogP contribution < -0.4 is 0 Å². The number of alkyl halides is 2. The number of esters is 2. The summed E-state index contributed by atoms with van der Waals surface area (Å²) in [7, 11) is -5.98. The monoisotopic (exact) mass is 398 g/mol. The first kappa shape index (κ1) is 19.4. The molecule has 2 unspecified atom stereocenters. The van der Waals surface area contributed by atoms with Gasteiger partial charge >= 0.3 is 27.3 Å². The summed E-state index contributed by atoms with van der Waals surface area (Å²) in [5, 5.41) is 5.05. The summed E-state index contributed by atoms with van der Waals surface area (Å²) in [4.78, 5) is 22.7. The van der Waals surface area contributed by atoms with Gasteiger partial charge in [-0.15, -0.1) is 0 Å². The highest BCUT2D eigenvalue weighted by molar-refractivity contribution is 7.87. The first-order valence-electron chi connectivity index (χ1n) is 8.29. The Bertz CT molecular complexity index is 690. The number of aliphatic hydroxyl groups excluding tert-OH is 1. The molecule has 4 saturated carbocycles. The molecule has 4 aliphatic carbocycles. The van der Waals surface area contributed by atoms with Gasteiger partial charge in [-0.1, -0.05) is 0 Å². The van der Waals surface area contributed by atoms with Crippen molar-refractivity contribution in [3.63, 3.8) is 0 Å². The molecular formula is C15H20F2O8S. The highest BCUT2D eigenvalue weighted by Gasteiger charge is 2.56.